The molecule has 1 rings (SSSR count). The second-order valence-electron chi connectivity index (χ2n) is 6.00. The highest BCUT2D eigenvalue weighted by Crippen LogP contribution is 2.59. The second kappa shape index (κ2) is 7.41. The molecular weight excluding hydrogens is 531 g/mol. The van der Waals surface area contributed by atoms with Crippen LogP contribution in [0.25, 0.3) is 0 Å². The molecular formula is C13H2F19N. The van der Waals surface area contributed by atoms with Gasteiger partial charge >= 0.3 is 47.9 Å². The van der Waals surface area contributed by atoms with Crippen molar-refractivity contribution in [2.75, 3.05) is 0 Å². The van der Waals surface area contributed by atoms with Crippen LogP contribution in [0.5, 0.6) is 0 Å². The maximum atomic E-state index is 13.7. The van der Waals surface area contributed by atoms with E-state index in [1.165, 1.54) is 0 Å². The molecule has 20 heteroatoms. The van der Waals surface area contributed by atoms with E-state index in [0.717, 1.165) is 0 Å². The van der Waals surface area contributed by atoms with Gasteiger partial charge in [-0.15, -0.1) is 0 Å². The van der Waals surface area contributed by atoms with E-state index in [2.05, 4.69) is 0 Å². The van der Waals surface area contributed by atoms with Gasteiger partial charge in [-0.3, -0.25) is 0 Å². The van der Waals surface area contributed by atoms with Crippen LogP contribution in [0.2, 0.25) is 0 Å². The Morgan fingerprint density at radius 3 is 1.15 bits per heavy atom. The number of hydrogen-bond acceptors (Lipinski definition) is 1. The summed E-state index contributed by atoms with van der Waals surface area (Å²) >= 11 is 0. The molecule has 1 heterocycles. The number of aromatic nitrogens is 1. The van der Waals surface area contributed by atoms with E-state index in [1.807, 2.05) is 0 Å². The van der Waals surface area contributed by atoms with Crippen LogP contribution in [0.4, 0.5) is 83.4 Å². The predicted octanol–water partition coefficient (Wildman–Crippen LogP) is 7.07. The first-order valence-electron chi connectivity index (χ1n) is 7.19. The zero-order chi connectivity index (χ0) is 26.9. The van der Waals surface area contributed by atoms with Gasteiger partial charge in [-0.25, -0.2) is 4.98 Å². The van der Waals surface area contributed by atoms with Gasteiger partial charge in [-0.1, -0.05) is 0 Å². The molecule has 192 valence electrons. The van der Waals surface area contributed by atoms with E-state index < -0.39 is 77.2 Å². The van der Waals surface area contributed by atoms with Crippen molar-refractivity contribution in [3.8, 4) is 0 Å². The van der Waals surface area contributed by atoms with E-state index in [0.29, 0.717) is 0 Å². The third kappa shape index (κ3) is 3.91. The van der Waals surface area contributed by atoms with E-state index in [-0.39, 0.29) is 0 Å². The third-order valence-electron chi connectivity index (χ3n) is 3.83. The molecule has 0 aliphatic carbocycles. The molecule has 0 fully saturated rings. The van der Waals surface area contributed by atoms with Gasteiger partial charge in [0, 0.05) is 11.8 Å². The lowest BCUT2D eigenvalue weighted by Gasteiger charge is -2.35. The molecule has 0 unspecified atom stereocenters. The normalized spacial score (nSPS) is 15.7. The van der Waals surface area contributed by atoms with Crippen molar-refractivity contribution in [2.45, 2.75) is 47.9 Å². The van der Waals surface area contributed by atoms with Gasteiger partial charge < -0.3 is 0 Å². The second-order valence-corrected chi connectivity index (χ2v) is 6.00. The fraction of sp³-hybridized carbons (Fsp3) is 0.615. The molecule has 1 nitrogen and oxygen atoms in total. The lowest BCUT2D eigenvalue weighted by atomic mass is 9.93. The van der Waals surface area contributed by atoms with Crippen LogP contribution in [-0.2, 0) is 11.8 Å². The minimum Gasteiger partial charge on any atom is -0.227 e. The highest BCUT2D eigenvalue weighted by atomic mass is 19.4. The fourth-order valence-electron chi connectivity index (χ4n) is 1.94. The minimum atomic E-state index is -7.74. The molecule has 0 atom stereocenters. The molecule has 0 aliphatic heterocycles. The Kier molecular flexibility index (Phi) is 6.48. The number of alkyl halides is 18. The Balaban J connectivity index is 3.80. The molecule has 0 radical (unpaired) electrons. The lowest BCUT2D eigenvalue weighted by Crippen LogP contribution is -2.60. The van der Waals surface area contributed by atoms with Crippen molar-refractivity contribution >= 4 is 0 Å². The number of hydrogen-bond donors (Lipinski definition) is 0. The topological polar surface area (TPSA) is 12.9 Å². The standard InChI is InChI=1S/C13H2F19N/c14-5-4(7(17,18)9(21,22)11(25,26)13(30,31)32)1-3(2-33-5)6(15,16)8(19,20)10(23,24)12(27,28)29/h1-2H. The average Bonchev–Trinajstić information content (AvgIpc) is 2.59. The molecule has 0 aliphatic rings. The van der Waals surface area contributed by atoms with Crippen molar-refractivity contribution in [3.05, 3.63) is 29.3 Å². The van der Waals surface area contributed by atoms with Crippen LogP contribution in [0.1, 0.15) is 11.1 Å². The predicted molar refractivity (Wildman–Crippen MR) is 63.9 cm³/mol. The summed E-state index contributed by atoms with van der Waals surface area (Å²) in [6, 6.07) is -1.73. The molecule has 0 saturated carbocycles. The zero-order valence-corrected chi connectivity index (χ0v) is 14.3. The average molecular weight is 533 g/mol. The van der Waals surface area contributed by atoms with Gasteiger partial charge in [0.1, 0.15) is 0 Å². The number of rotatable bonds is 6. The zero-order valence-electron chi connectivity index (χ0n) is 14.3. The van der Waals surface area contributed by atoms with Crippen LogP contribution in [-0.4, -0.2) is 41.0 Å². The summed E-state index contributed by atoms with van der Waals surface area (Å²) < 4.78 is 245. The maximum absolute atomic E-state index is 13.7. The van der Waals surface area contributed by atoms with Crippen molar-refractivity contribution in [2.24, 2.45) is 0 Å². The summed E-state index contributed by atoms with van der Waals surface area (Å²) in [7, 11) is 0. The Bertz CT molecular complexity index is 877. The Labute approximate surface area is 167 Å². The molecule has 0 aromatic carbocycles. The first-order valence-corrected chi connectivity index (χ1v) is 7.19. The lowest BCUT2D eigenvalue weighted by molar-refractivity contribution is -0.401. The molecule has 0 saturated heterocycles. The third-order valence-corrected chi connectivity index (χ3v) is 3.83. The number of halogens is 19. The highest BCUT2D eigenvalue weighted by molar-refractivity contribution is 5.31. The summed E-state index contributed by atoms with van der Waals surface area (Å²) in [5, 5.41) is 0. The Hall–Kier alpha value is -2.18. The fourth-order valence-corrected chi connectivity index (χ4v) is 1.94. The van der Waals surface area contributed by atoms with Crippen molar-refractivity contribution < 1.29 is 83.4 Å². The van der Waals surface area contributed by atoms with E-state index in [9.17, 15) is 83.4 Å². The quantitative estimate of drug-likeness (QED) is 0.282. The van der Waals surface area contributed by atoms with Crippen LogP contribution in [0, 0.1) is 5.95 Å². The minimum absolute atomic E-state index is 1.14. The van der Waals surface area contributed by atoms with Gasteiger partial charge in [-0.2, -0.15) is 83.4 Å². The van der Waals surface area contributed by atoms with Crippen LogP contribution in [0.3, 0.4) is 0 Å². The first kappa shape index (κ1) is 28.9. The summed E-state index contributed by atoms with van der Waals surface area (Å²) in [6.45, 7) is 0. The molecule has 0 N–H and O–H groups in total. The maximum Gasteiger partial charge on any atom is 0.460 e. The van der Waals surface area contributed by atoms with E-state index in [1.54, 1.807) is 4.98 Å². The van der Waals surface area contributed by atoms with Gasteiger partial charge in [-0.05, 0) is 6.07 Å². The molecule has 0 amide bonds. The largest absolute Gasteiger partial charge is 0.460 e. The number of pyridine rings is 1. The molecule has 1 aromatic rings. The summed E-state index contributed by atoms with van der Waals surface area (Å²) in [5.74, 6) is -48.2. The van der Waals surface area contributed by atoms with Gasteiger partial charge in [0.05, 0.1) is 5.56 Å². The van der Waals surface area contributed by atoms with Crippen LogP contribution in [0.15, 0.2) is 12.3 Å². The van der Waals surface area contributed by atoms with E-state index in [4.69, 9.17) is 0 Å². The van der Waals surface area contributed by atoms with E-state index >= 15 is 0 Å². The smallest absolute Gasteiger partial charge is 0.227 e. The van der Waals surface area contributed by atoms with Crippen LogP contribution < -0.4 is 0 Å². The Morgan fingerprint density at radius 1 is 0.485 bits per heavy atom. The van der Waals surface area contributed by atoms with Crippen molar-refractivity contribution in [1.29, 1.82) is 0 Å². The molecule has 0 spiro atoms. The number of nitrogens with zero attached hydrogens (tertiary/aromatic N) is 1. The molecule has 1 aromatic heterocycles. The summed E-state index contributed by atoms with van der Waals surface area (Å²) in [5.41, 5.74) is -6.97. The van der Waals surface area contributed by atoms with Gasteiger partial charge in [0.2, 0.25) is 5.95 Å². The van der Waals surface area contributed by atoms with Crippen molar-refractivity contribution in [3.63, 3.8) is 0 Å². The molecule has 0 bridgehead atoms. The van der Waals surface area contributed by atoms with Crippen LogP contribution >= 0.6 is 0 Å². The van der Waals surface area contributed by atoms with Gasteiger partial charge in [0.25, 0.3) is 0 Å². The van der Waals surface area contributed by atoms with Gasteiger partial charge in [0.15, 0.2) is 0 Å². The SMILES string of the molecule is Fc1ncc(C(F)(F)C(F)(F)C(F)(F)C(F)(F)F)cc1C(F)(F)C(F)(F)C(F)(F)C(F)(F)F. The monoisotopic (exact) mass is 533 g/mol. The first-order chi connectivity index (χ1) is 14.1. The van der Waals surface area contributed by atoms with Crippen molar-refractivity contribution in [1.82, 2.24) is 4.98 Å². The summed E-state index contributed by atoms with van der Waals surface area (Å²) in [4.78, 5) is 1.68. The summed E-state index contributed by atoms with van der Waals surface area (Å²) in [6.07, 6.45) is -16.1. The Morgan fingerprint density at radius 2 is 0.818 bits per heavy atom. The molecule has 33 heavy (non-hydrogen) atoms. The highest BCUT2D eigenvalue weighted by Gasteiger charge is 2.84.